The van der Waals surface area contributed by atoms with Crippen LogP contribution in [-0.2, 0) is 13.2 Å². The second-order valence-corrected chi connectivity index (χ2v) is 7.47. The Morgan fingerprint density at radius 1 is 1.15 bits per heavy atom. The largest absolute Gasteiger partial charge is 0.470 e. The zero-order valence-corrected chi connectivity index (χ0v) is 17.8. The molecule has 0 bridgehead atoms. The summed E-state index contributed by atoms with van der Waals surface area (Å²) < 4.78 is 12.6. The summed E-state index contributed by atoms with van der Waals surface area (Å²) in [5.41, 5.74) is 2.07. The Morgan fingerprint density at radius 2 is 1.97 bits per heavy atom. The number of fused-ring (bicyclic) bond motifs is 3. The molecule has 33 heavy (non-hydrogen) atoms. The average Bonchev–Trinajstić information content (AvgIpc) is 3.49. The first kappa shape index (κ1) is 20.5. The standard InChI is InChI=1S/C22H19N7O4/c1-28(2)22(31)13-7-8-14(23-10-13)12-32-21-17-6-4-3-5-16(17)19-24-25-20(29(19)26-21)18-9-15(11-30)33-27-18/h3-10,30H,11-12H2,1-2H3. The van der Waals surface area contributed by atoms with Gasteiger partial charge < -0.3 is 19.3 Å². The summed E-state index contributed by atoms with van der Waals surface area (Å²) >= 11 is 0. The van der Waals surface area contributed by atoms with Crippen LogP contribution < -0.4 is 4.74 Å². The Hall–Kier alpha value is -4.38. The van der Waals surface area contributed by atoms with Gasteiger partial charge in [0.1, 0.15) is 13.2 Å². The molecule has 11 heteroatoms. The van der Waals surface area contributed by atoms with E-state index in [2.05, 4.69) is 25.4 Å². The average molecular weight is 445 g/mol. The summed E-state index contributed by atoms with van der Waals surface area (Å²) in [6.07, 6.45) is 1.52. The molecular formula is C22H19N7O4. The highest BCUT2D eigenvalue weighted by atomic mass is 16.5. The highest BCUT2D eigenvalue weighted by Gasteiger charge is 2.19. The molecule has 0 atom stereocenters. The van der Waals surface area contributed by atoms with Crippen molar-refractivity contribution in [3.8, 4) is 17.4 Å². The van der Waals surface area contributed by atoms with Gasteiger partial charge in [0.05, 0.1) is 11.3 Å². The summed E-state index contributed by atoms with van der Waals surface area (Å²) in [6, 6.07) is 12.6. The maximum atomic E-state index is 12.1. The van der Waals surface area contributed by atoms with Crippen LogP contribution in [0.25, 0.3) is 27.9 Å². The van der Waals surface area contributed by atoms with Crippen LogP contribution in [-0.4, -0.2) is 60.0 Å². The number of aliphatic hydroxyl groups excluding tert-OH is 1. The molecule has 0 saturated heterocycles. The molecule has 5 aromatic rings. The summed E-state index contributed by atoms with van der Waals surface area (Å²) in [6.45, 7) is -0.130. The number of aromatic nitrogens is 6. The lowest BCUT2D eigenvalue weighted by molar-refractivity contribution is 0.0827. The minimum absolute atomic E-state index is 0.120. The van der Waals surface area contributed by atoms with Crippen molar-refractivity contribution in [2.45, 2.75) is 13.2 Å². The number of hydrogen-bond acceptors (Lipinski definition) is 9. The highest BCUT2D eigenvalue weighted by Crippen LogP contribution is 2.29. The number of ether oxygens (including phenoxy) is 1. The molecule has 4 heterocycles. The SMILES string of the molecule is CN(C)C(=O)c1ccc(COc2nn3c(-c4cc(CO)on4)nnc3c3ccccc23)nc1. The van der Waals surface area contributed by atoms with Crippen LogP contribution in [0.15, 0.2) is 53.2 Å². The molecular weight excluding hydrogens is 426 g/mol. The van der Waals surface area contributed by atoms with Crippen LogP contribution in [0, 0.1) is 0 Å². The number of carbonyl (C=O) groups excluding carboxylic acids is 1. The maximum absolute atomic E-state index is 12.1. The van der Waals surface area contributed by atoms with Gasteiger partial charge in [-0.2, -0.15) is 4.52 Å². The molecule has 1 N–H and O–H groups in total. The van der Waals surface area contributed by atoms with Gasteiger partial charge in [-0.1, -0.05) is 23.4 Å². The maximum Gasteiger partial charge on any atom is 0.254 e. The van der Waals surface area contributed by atoms with Gasteiger partial charge in [-0.3, -0.25) is 9.78 Å². The van der Waals surface area contributed by atoms with Crippen molar-refractivity contribution in [3.05, 3.63) is 65.7 Å². The Morgan fingerprint density at radius 3 is 2.67 bits per heavy atom. The summed E-state index contributed by atoms with van der Waals surface area (Å²) in [4.78, 5) is 17.9. The molecule has 1 aromatic carbocycles. The van der Waals surface area contributed by atoms with E-state index in [9.17, 15) is 9.90 Å². The molecule has 4 aromatic heterocycles. The van der Waals surface area contributed by atoms with Crippen molar-refractivity contribution in [2.24, 2.45) is 0 Å². The third kappa shape index (κ3) is 3.74. The van der Waals surface area contributed by atoms with E-state index in [-0.39, 0.29) is 19.1 Å². The Bertz CT molecular complexity index is 1460. The van der Waals surface area contributed by atoms with Crippen LogP contribution >= 0.6 is 0 Å². The number of pyridine rings is 1. The van der Waals surface area contributed by atoms with Crippen LogP contribution in [0.5, 0.6) is 5.88 Å². The van der Waals surface area contributed by atoms with Crippen LogP contribution in [0.1, 0.15) is 21.8 Å². The first-order valence-electron chi connectivity index (χ1n) is 10.1. The molecule has 0 unspecified atom stereocenters. The Labute approximate surface area is 187 Å². The van der Waals surface area contributed by atoms with E-state index in [0.29, 0.717) is 40.1 Å². The van der Waals surface area contributed by atoms with E-state index in [4.69, 9.17) is 9.26 Å². The normalized spacial score (nSPS) is 11.2. The molecule has 5 rings (SSSR count). The van der Waals surface area contributed by atoms with Crippen molar-refractivity contribution in [1.82, 2.24) is 34.9 Å². The minimum Gasteiger partial charge on any atom is -0.470 e. The van der Waals surface area contributed by atoms with Crippen LogP contribution in [0.4, 0.5) is 0 Å². The summed E-state index contributed by atoms with van der Waals surface area (Å²) in [5, 5.41) is 27.8. The van der Waals surface area contributed by atoms with Crippen LogP contribution in [0.2, 0.25) is 0 Å². The lowest BCUT2D eigenvalue weighted by atomic mass is 10.2. The molecule has 1 amide bonds. The topological polar surface area (TPSA) is 132 Å². The number of rotatable bonds is 6. The fourth-order valence-electron chi connectivity index (χ4n) is 3.35. The van der Waals surface area contributed by atoms with E-state index in [0.717, 1.165) is 10.8 Å². The number of carbonyl (C=O) groups is 1. The fourth-order valence-corrected chi connectivity index (χ4v) is 3.35. The zero-order chi connectivity index (χ0) is 22.9. The molecule has 166 valence electrons. The second kappa shape index (κ2) is 8.28. The van der Waals surface area contributed by atoms with Crippen molar-refractivity contribution in [2.75, 3.05) is 14.1 Å². The molecule has 0 fully saturated rings. The smallest absolute Gasteiger partial charge is 0.254 e. The lowest BCUT2D eigenvalue weighted by Gasteiger charge is -2.11. The Kier molecular flexibility index (Phi) is 5.15. The molecule has 11 nitrogen and oxygen atoms in total. The molecule has 0 saturated carbocycles. The molecule has 0 spiro atoms. The second-order valence-electron chi connectivity index (χ2n) is 7.47. The third-order valence-electron chi connectivity index (χ3n) is 5.01. The molecule has 0 aliphatic carbocycles. The first-order chi connectivity index (χ1) is 16.0. The number of aliphatic hydroxyl groups is 1. The van der Waals surface area contributed by atoms with Gasteiger partial charge in [-0.05, 0) is 18.2 Å². The van der Waals surface area contributed by atoms with E-state index in [1.54, 1.807) is 32.3 Å². The fraction of sp³-hybridized carbons (Fsp3) is 0.182. The minimum atomic E-state index is -0.277. The quantitative estimate of drug-likeness (QED) is 0.417. The first-order valence-corrected chi connectivity index (χ1v) is 10.1. The molecule has 0 radical (unpaired) electrons. The number of benzene rings is 1. The van der Waals surface area contributed by atoms with Crippen molar-refractivity contribution >= 4 is 22.3 Å². The molecule has 0 aliphatic rings. The van der Waals surface area contributed by atoms with Gasteiger partial charge in [0.15, 0.2) is 17.1 Å². The van der Waals surface area contributed by atoms with Crippen LogP contribution in [0.3, 0.4) is 0 Å². The van der Waals surface area contributed by atoms with E-state index < -0.39 is 0 Å². The van der Waals surface area contributed by atoms with Crippen molar-refractivity contribution in [3.63, 3.8) is 0 Å². The zero-order valence-electron chi connectivity index (χ0n) is 17.8. The van der Waals surface area contributed by atoms with Crippen molar-refractivity contribution in [1.29, 1.82) is 0 Å². The predicted molar refractivity (Wildman–Crippen MR) is 116 cm³/mol. The number of nitrogens with zero attached hydrogens (tertiary/aromatic N) is 7. The van der Waals surface area contributed by atoms with Crippen molar-refractivity contribution < 1.29 is 19.2 Å². The van der Waals surface area contributed by atoms with E-state index in [1.807, 2.05) is 24.3 Å². The summed E-state index contributed by atoms with van der Waals surface area (Å²) in [7, 11) is 3.38. The Balaban J connectivity index is 1.50. The lowest BCUT2D eigenvalue weighted by Crippen LogP contribution is -2.21. The summed E-state index contributed by atoms with van der Waals surface area (Å²) in [5.74, 6) is 0.903. The number of hydrogen-bond donors (Lipinski definition) is 1. The van der Waals surface area contributed by atoms with Gasteiger partial charge in [0.2, 0.25) is 11.7 Å². The van der Waals surface area contributed by atoms with Gasteiger partial charge in [0, 0.05) is 37.1 Å². The monoisotopic (exact) mass is 445 g/mol. The van der Waals surface area contributed by atoms with Gasteiger partial charge in [-0.15, -0.1) is 15.3 Å². The third-order valence-corrected chi connectivity index (χ3v) is 5.01. The number of amides is 1. The predicted octanol–water partition coefficient (Wildman–Crippen LogP) is 2.10. The van der Waals surface area contributed by atoms with E-state index in [1.165, 1.54) is 15.6 Å². The molecule has 0 aliphatic heterocycles. The van der Waals surface area contributed by atoms with Gasteiger partial charge in [-0.25, -0.2) is 0 Å². The van der Waals surface area contributed by atoms with Gasteiger partial charge in [0.25, 0.3) is 5.91 Å². The van der Waals surface area contributed by atoms with Gasteiger partial charge >= 0.3 is 0 Å². The highest BCUT2D eigenvalue weighted by molar-refractivity contribution is 5.97. The van der Waals surface area contributed by atoms with E-state index >= 15 is 0 Å².